The molecule has 2 aliphatic rings. The van der Waals surface area contributed by atoms with Gasteiger partial charge in [0.2, 0.25) is 5.91 Å². The maximum atomic E-state index is 11.5. The van der Waals surface area contributed by atoms with E-state index in [-0.39, 0.29) is 17.9 Å². The first-order valence-electron chi connectivity index (χ1n) is 9.60. The molecule has 7 nitrogen and oxygen atoms in total. The van der Waals surface area contributed by atoms with Gasteiger partial charge in [0.05, 0.1) is 12.1 Å². The first kappa shape index (κ1) is 17.1. The van der Waals surface area contributed by atoms with Crippen molar-refractivity contribution in [2.45, 2.75) is 50.6 Å². The van der Waals surface area contributed by atoms with Crippen molar-refractivity contribution in [2.75, 3.05) is 13.1 Å². The van der Waals surface area contributed by atoms with Gasteiger partial charge in [0.1, 0.15) is 0 Å². The Balaban J connectivity index is 1.65. The van der Waals surface area contributed by atoms with Gasteiger partial charge in [0.15, 0.2) is 5.82 Å². The van der Waals surface area contributed by atoms with Crippen LogP contribution in [0.4, 0.5) is 0 Å². The van der Waals surface area contributed by atoms with Gasteiger partial charge in [-0.2, -0.15) is 0 Å². The minimum atomic E-state index is -0.184. The van der Waals surface area contributed by atoms with E-state index in [0.29, 0.717) is 6.04 Å². The van der Waals surface area contributed by atoms with Crippen molar-refractivity contribution in [3.8, 4) is 0 Å². The van der Waals surface area contributed by atoms with Gasteiger partial charge in [0.25, 0.3) is 0 Å². The third kappa shape index (κ3) is 3.35. The summed E-state index contributed by atoms with van der Waals surface area (Å²) in [5.41, 5.74) is 6.70. The summed E-state index contributed by atoms with van der Waals surface area (Å²) >= 11 is 0. The number of piperidine rings is 1. The Hall–Kier alpha value is -2.28. The van der Waals surface area contributed by atoms with E-state index in [1.54, 1.807) is 0 Å². The third-order valence-corrected chi connectivity index (χ3v) is 5.85. The van der Waals surface area contributed by atoms with E-state index < -0.39 is 0 Å². The van der Waals surface area contributed by atoms with Crippen molar-refractivity contribution in [1.29, 1.82) is 0 Å². The van der Waals surface area contributed by atoms with Crippen molar-refractivity contribution in [1.82, 2.24) is 25.1 Å². The number of nitrogens with zero attached hydrogens (tertiary/aromatic N) is 5. The minimum Gasteiger partial charge on any atom is -0.369 e. The number of tetrazole rings is 1. The predicted molar refractivity (Wildman–Crippen MR) is 97.1 cm³/mol. The van der Waals surface area contributed by atoms with Crippen LogP contribution in [0, 0.1) is 5.92 Å². The summed E-state index contributed by atoms with van der Waals surface area (Å²) in [6.45, 7) is 1.65. The van der Waals surface area contributed by atoms with Gasteiger partial charge < -0.3 is 5.73 Å². The minimum absolute atomic E-state index is 0.0145. The molecular formula is C19H26N6O. The van der Waals surface area contributed by atoms with Crippen molar-refractivity contribution in [3.05, 3.63) is 41.7 Å². The molecule has 1 aliphatic carbocycles. The Morgan fingerprint density at radius 1 is 1.08 bits per heavy atom. The molecule has 2 heterocycles. The lowest BCUT2D eigenvalue weighted by atomic mass is 9.93. The maximum Gasteiger partial charge on any atom is 0.220 e. The molecule has 1 atom stereocenters. The quantitative estimate of drug-likeness (QED) is 0.888. The summed E-state index contributed by atoms with van der Waals surface area (Å²) in [7, 11) is 0. The van der Waals surface area contributed by atoms with Crippen molar-refractivity contribution < 1.29 is 4.79 Å². The second-order valence-electron chi connectivity index (χ2n) is 7.45. The molecule has 2 aromatic rings. The second kappa shape index (κ2) is 7.53. The van der Waals surface area contributed by atoms with Gasteiger partial charge in [-0.1, -0.05) is 43.2 Å². The van der Waals surface area contributed by atoms with Gasteiger partial charge in [-0.15, -0.1) is 5.10 Å². The maximum absolute atomic E-state index is 11.5. The van der Waals surface area contributed by atoms with Crippen LogP contribution in [0.2, 0.25) is 0 Å². The number of hydrogen-bond acceptors (Lipinski definition) is 5. The molecule has 1 aromatic heterocycles. The molecule has 7 heteroatoms. The summed E-state index contributed by atoms with van der Waals surface area (Å²) < 4.78 is 2.05. The number of amides is 1. The van der Waals surface area contributed by atoms with Crippen LogP contribution in [0.1, 0.15) is 62.0 Å². The number of nitrogens with two attached hydrogens (primary N) is 1. The Kier molecular flexibility index (Phi) is 4.97. The van der Waals surface area contributed by atoms with Gasteiger partial charge in [-0.3, -0.25) is 9.69 Å². The molecule has 0 bridgehead atoms. The molecule has 4 rings (SSSR count). The summed E-state index contributed by atoms with van der Waals surface area (Å²) in [6.07, 6.45) is 6.36. The molecule has 0 spiro atoms. The van der Waals surface area contributed by atoms with Crippen LogP contribution < -0.4 is 5.73 Å². The first-order chi connectivity index (χ1) is 12.7. The van der Waals surface area contributed by atoms with Crippen LogP contribution in [0.25, 0.3) is 0 Å². The zero-order valence-electron chi connectivity index (χ0n) is 15.0. The molecule has 1 saturated carbocycles. The number of aromatic nitrogens is 4. The number of likely N-dealkylation sites (tertiary alicyclic amines) is 1. The number of primary amides is 1. The van der Waals surface area contributed by atoms with E-state index in [1.165, 1.54) is 18.4 Å². The van der Waals surface area contributed by atoms with E-state index >= 15 is 0 Å². The highest BCUT2D eigenvalue weighted by Gasteiger charge is 2.34. The molecule has 0 unspecified atom stereocenters. The van der Waals surface area contributed by atoms with Crippen LogP contribution in [0.3, 0.4) is 0 Å². The van der Waals surface area contributed by atoms with Crippen LogP contribution in [0.5, 0.6) is 0 Å². The summed E-state index contributed by atoms with van der Waals surface area (Å²) in [5.74, 6) is 0.714. The number of carbonyl (C=O) groups excluding carboxylic acids is 1. The lowest BCUT2D eigenvalue weighted by molar-refractivity contribution is -0.123. The fraction of sp³-hybridized carbons (Fsp3) is 0.579. The highest BCUT2D eigenvalue weighted by Crippen LogP contribution is 2.35. The topological polar surface area (TPSA) is 89.9 Å². The lowest BCUT2D eigenvalue weighted by Gasteiger charge is -2.36. The van der Waals surface area contributed by atoms with E-state index in [4.69, 9.17) is 5.73 Å². The van der Waals surface area contributed by atoms with Gasteiger partial charge in [-0.05, 0) is 54.8 Å². The van der Waals surface area contributed by atoms with Crippen LogP contribution in [0.15, 0.2) is 30.3 Å². The number of carbonyl (C=O) groups is 1. The lowest BCUT2D eigenvalue weighted by Crippen LogP contribution is -2.41. The molecule has 2 fully saturated rings. The van der Waals surface area contributed by atoms with Gasteiger partial charge in [-0.25, -0.2) is 4.68 Å². The SMILES string of the molecule is NC(=O)C1CCN([C@H](c2ccccc2)c2nnnn2C2CCCC2)CC1. The molecule has 1 aromatic carbocycles. The van der Waals surface area contributed by atoms with Gasteiger partial charge in [0, 0.05) is 5.92 Å². The normalized spacial score (nSPS) is 21.1. The van der Waals surface area contributed by atoms with Crippen molar-refractivity contribution >= 4 is 5.91 Å². The molecular weight excluding hydrogens is 328 g/mol. The van der Waals surface area contributed by atoms with E-state index in [1.807, 2.05) is 10.7 Å². The van der Waals surface area contributed by atoms with E-state index in [2.05, 4.69) is 44.7 Å². The number of hydrogen-bond donors (Lipinski definition) is 1. The summed E-state index contributed by atoms with van der Waals surface area (Å²) in [5, 5.41) is 12.8. The largest absolute Gasteiger partial charge is 0.369 e. The fourth-order valence-corrected chi connectivity index (χ4v) is 4.39. The monoisotopic (exact) mass is 354 g/mol. The number of benzene rings is 1. The third-order valence-electron chi connectivity index (χ3n) is 5.85. The van der Waals surface area contributed by atoms with Crippen molar-refractivity contribution in [3.63, 3.8) is 0 Å². The molecule has 26 heavy (non-hydrogen) atoms. The Bertz CT molecular complexity index is 731. The number of rotatable bonds is 5. The highest BCUT2D eigenvalue weighted by molar-refractivity contribution is 5.76. The first-order valence-corrected chi connectivity index (χ1v) is 9.60. The smallest absolute Gasteiger partial charge is 0.220 e. The summed E-state index contributed by atoms with van der Waals surface area (Å²) in [4.78, 5) is 13.9. The van der Waals surface area contributed by atoms with Crippen LogP contribution in [-0.2, 0) is 4.79 Å². The molecule has 138 valence electrons. The van der Waals surface area contributed by atoms with E-state index in [9.17, 15) is 4.79 Å². The molecule has 1 amide bonds. The fourth-order valence-electron chi connectivity index (χ4n) is 4.39. The Morgan fingerprint density at radius 2 is 1.77 bits per heavy atom. The zero-order valence-corrected chi connectivity index (χ0v) is 15.0. The van der Waals surface area contributed by atoms with Crippen LogP contribution in [-0.4, -0.2) is 44.1 Å². The standard InChI is InChI=1S/C19H26N6O/c20-18(26)15-10-12-24(13-11-15)17(14-6-2-1-3-7-14)19-21-22-23-25(19)16-8-4-5-9-16/h1-3,6-7,15-17H,4-5,8-13H2,(H2,20,26)/t17-/m1/s1. The molecule has 1 aliphatic heterocycles. The summed E-state index contributed by atoms with van der Waals surface area (Å²) in [6, 6.07) is 10.8. The average Bonchev–Trinajstić information content (AvgIpc) is 3.35. The van der Waals surface area contributed by atoms with E-state index in [0.717, 1.165) is 44.6 Å². The zero-order chi connectivity index (χ0) is 17.9. The predicted octanol–water partition coefficient (Wildman–Crippen LogP) is 2.07. The van der Waals surface area contributed by atoms with Crippen LogP contribution >= 0.6 is 0 Å². The second-order valence-corrected chi connectivity index (χ2v) is 7.45. The Morgan fingerprint density at radius 3 is 2.42 bits per heavy atom. The average molecular weight is 354 g/mol. The Labute approximate surface area is 153 Å². The van der Waals surface area contributed by atoms with Crippen molar-refractivity contribution in [2.24, 2.45) is 11.7 Å². The highest BCUT2D eigenvalue weighted by atomic mass is 16.1. The molecule has 1 saturated heterocycles. The molecule has 0 radical (unpaired) electrons. The molecule has 2 N–H and O–H groups in total. The van der Waals surface area contributed by atoms with Gasteiger partial charge >= 0.3 is 0 Å².